The van der Waals surface area contributed by atoms with Gasteiger partial charge in [0.15, 0.2) is 6.10 Å². The predicted molar refractivity (Wildman–Crippen MR) is 105 cm³/mol. The Morgan fingerprint density at radius 3 is 2.50 bits per heavy atom. The van der Waals surface area contributed by atoms with E-state index in [1.165, 1.54) is 17.7 Å². The van der Waals surface area contributed by atoms with Gasteiger partial charge < -0.3 is 15.2 Å². The van der Waals surface area contributed by atoms with Crippen molar-refractivity contribution in [3.8, 4) is 5.75 Å². The Morgan fingerprint density at radius 1 is 1.19 bits per heavy atom. The minimum atomic E-state index is -0.535. The number of benzene rings is 1. The molecule has 26 heavy (non-hydrogen) atoms. The van der Waals surface area contributed by atoms with E-state index in [0.29, 0.717) is 12.3 Å². The SMILES string of the molecule is CC(Oc1ccccc1)C(=O)NCC1(c2ccc(C(C)O)s2)CCCC1. The van der Waals surface area contributed by atoms with Crippen molar-refractivity contribution in [2.75, 3.05) is 6.54 Å². The molecule has 1 aromatic carbocycles. The number of rotatable bonds is 7. The number of para-hydroxylation sites is 1. The van der Waals surface area contributed by atoms with E-state index in [-0.39, 0.29) is 11.3 Å². The Hall–Kier alpha value is -1.85. The Kier molecular flexibility index (Phi) is 5.99. The predicted octanol–water partition coefficient (Wildman–Crippen LogP) is 4.20. The summed E-state index contributed by atoms with van der Waals surface area (Å²) in [6.45, 7) is 4.19. The van der Waals surface area contributed by atoms with Gasteiger partial charge in [-0.3, -0.25) is 4.79 Å². The van der Waals surface area contributed by atoms with Gasteiger partial charge >= 0.3 is 0 Å². The summed E-state index contributed by atoms with van der Waals surface area (Å²) in [5.74, 6) is 0.609. The molecule has 3 rings (SSSR count). The minimum Gasteiger partial charge on any atom is -0.481 e. The van der Waals surface area contributed by atoms with Crippen LogP contribution in [0.25, 0.3) is 0 Å². The zero-order valence-electron chi connectivity index (χ0n) is 15.4. The van der Waals surface area contributed by atoms with Gasteiger partial charge in [0.25, 0.3) is 5.91 Å². The molecular weight excluding hydrogens is 346 g/mol. The number of amides is 1. The highest BCUT2D eigenvalue weighted by molar-refractivity contribution is 7.12. The maximum Gasteiger partial charge on any atom is 0.260 e. The summed E-state index contributed by atoms with van der Waals surface area (Å²) < 4.78 is 5.72. The van der Waals surface area contributed by atoms with Crippen LogP contribution in [0.4, 0.5) is 0 Å². The lowest BCUT2D eigenvalue weighted by atomic mass is 9.84. The number of carbonyl (C=O) groups is 1. The second-order valence-corrected chi connectivity index (χ2v) is 8.27. The van der Waals surface area contributed by atoms with Crippen molar-refractivity contribution in [3.63, 3.8) is 0 Å². The van der Waals surface area contributed by atoms with Crippen LogP contribution in [0.5, 0.6) is 5.75 Å². The average molecular weight is 374 g/mol. The van der Waals surface area contributed by atoms with Gasteiger partial charge in [-0.2, -0.15) is 0 Å². The van der Waals surface area contributed by atoms with Crippen LogP contribution in [-0.4, -0.2) is 23.7 Å². The second kappa shape index (κ2) is 8.23. The molecule has 5 heteroatoms. The van der Waals surface area contributed by atoms with Crippen LogP contribution in [0.3, 0.4) is 0 Å². The topological polar surface area (TPSA) is 58.6 Å². The van der Waals surface area contributed by atoms with E-state index in [0.717, 1.165) is 17.7 Å². The van der Waals surface area contributed by atoms with Crippen molar-refractivity contribution in [3.05, 3.63) is 52.2 Å². The molecule has 2 aromatic rings. The number of hydrogen-bond acceptors (Lipinski definition) is 4. The van der Waals surface area contributed by atoms with E-state index in [2.05, 4.69) is 11.4 Å². The number of nitrogens with one attached hydrogen (secondary N) is 1. The molecule has 0 saturated heterocycles. The summed E-state index contributed by atoms with van der Waals surface area (Å²) in [6, 6.07) is 13.5. The molecule has 4 nitrogen and oxygen atoms in total. The molecule has 1 saturated carbocycles. The minimum absolute atomic E-state index is 0.0140. The van der Waals surface area contributed by atoms with Crippen LogP contribution < -0.4 is 10.1 Å². The van der Waals surface area contributed by atoms with Crippen LogP contribution in [-0.2, 0) is 10.2 Å². The monoisotopic (exact) mass is 373 g/mol. The molecule has 0 aliphatic heterocycles. The summed E-state index contributed by atoms with van der Waals surface area (Å²) in [6.07, 6.45) is 3.51. The number of thiophene rings is 1. The van der Waals surface area contributed by atoms with Gasteiger partial charge in [0.2, 0.25) is 0 Å². The molecule has 140 valence electrons. The van der Waals surface area contributed by atoms with Gasteiger partial charge in [-0.25, -0.2) is 0 Å². The molecule has 2 unspecified atom stereocenters. The summed E-state index contributed by atoms with van der Waals surface area (Å²) in [4.78, 5) is 14.8. The molecule has 0 radical (unpaired) electrons. The first-order chi connectivity index (χ1) is 12.5. The van der Waals surface area contributed by atoms with Gasteiger partial charge in [0.05, 0.1) is 6.10 Å². The molecule has 1 heterocycles. The van der Waals surface area contributed by atoms with E-state index in [9.17, 15) is 9.90 Å². The maximum atomic E-state index is 12.5. The first kappa shape index (κ1) is 18.9. The molecule has 1 aliphatic rings. The first-order valence-electron chi connectivity index (χ1n) is 9.28. The quantitative estimate of drug-likeness (QED) is 0.765. The van der Waals surface area contributed by atoms with Crippen molar-refractivity contribution >= 4 is 17.2 Å². The molecule has 0 spiro atoms. The third-order valence-corrected chi connectivity index (χ3v) is 6.65. The third-order valence-electron chi connectivity index (χ3n) is 5.15. The highest BCUT2D eigenvalue weighted by atomic mass is 32.1. The molecule has 2 atom stereocenters. The van der Waals surface area contributed by atoms with Gasteiger partial charge in [0, 0.05) is 21.7 Å². The average Bonchev–Trinajstić information content (AvgIpc) is 3.30. The zero-order chi connectivity index (χ0) is 18.6. The Bertz CT molecular complexity index is 720. The van der Waals surface area contributed by atoms with Crippen molar-refractivity contribution in [2.24, 2.45) is 0 Å². The van der Waals surface area contributed by atoms with Crippen molar-refractivity contribution < 1.29 is 14.6 Å². The highest BCUT2D eigenvalue weighted by Gasteiger charge is 2.37. The fourth-order valence-electron chi connectivity index (χ4n) is 3.58. The van der Waals surface area contributed by atoms with E-state index in [1.807, 2.05) is 36.4 Å². The normalized spacial score (nSPS) is 18.3. The summed E-state index contributed by atoms with van der Waals surface area (Å²) >= 11 is 1.67. The van der Waals surface area contributed by atoms with E-state index < -0.39 is 12.2 Å². The van der Waals surface area contributed by atoms with Crippen LogP contribution in [0.2, 0.25) is 0 Å². The Morgan fingerprint density at radius 2 is 1.88 bits per heavy atom. The van der Waals surface area contributed by atoms with Gasteiger partial charge in [-0.15, -0.1) is 11.3 Å². The van der Waals surface area contributed by atoms with Gasteiger partial charge in [-0.1, -0.05) is 31.0 Å². The molecular formula is C21H27NO3S. The maximum absolute atomic E-state index is 12.5. The number of hydrogen-bond donors (Lipinski definition) is 2. The summed E-state index contributed by atoms with van der Waals surface area (Å²) in [5, 5.41) is 12.9. The fraction of sp³-hybridized carbons (Fsp3) is 0.476. The zero-order valence-corrected chi connectivity index (χ0v) is 16.2. The van der Waals surface area contributed by atoms with Crippen LogP contribution in [0, 0.1) is 0 Å². The second-order valence-electron chi connectivity index (χ2n) is 7.16. The largest absolute Gasteiger partial charge is 0.481 e. The Labute approximate surface area is 159 Å². The smallest absolute Gasteiger partial charge is 0.260 e. The van der Waals surface area contributed by atoms with Gasteiger partial charge in [-0.05, 0) is 51.0 Å². The van der Waals surface area contributed by atoms with Crippen molar-refractivity contribution in [2.45, 2.75) is 57.2 Å². The lowest BCUT2D eigenvalue weighted by Crippen LogP contribution is -2.43. The lowest BCUT2D eigenvalue weighted by molar-refractivity contribution is -0.127. The number of ether oxygens (including phenoxy) is 1. The van der Waals surface area contributed by atoms with Crippen LogP contribution >= 0.6 is 11.3 Å². The highest BCUT2D eigenvalue weighted by Crippen LogP contribution is 2.44. The summed E-state index contributed by atoms with van der Waals surface area (Å²) in [5.41, 5.74) is -0.0140. The molecule has 1 fully saturated rings. The molecule has 1 aliphatic carbocycles. The standard InChI is InChI=1S/C21H27NO3S/c1-15(23)18-10-11-19(26-18)21(12-6-7-13-21)14-22-20(24)16(2)25-17-8-4-3-5-9-17/h3-5,8-11,15-16,23H,6-7,12-14H2,1-2H3,(H,22,24). The number of carbonyl (C=O) groups excluding carboxylic acids is 1. The van der Waals surface area contributed by atoms with Crippen LogP contribution in [0.1, 0.15) is 55.4 Å². The molecule has 0 bridgehead atoms. The number of aliphatic hydroxyl groups is 1. The van der Waals surface area contributed by atoms with E-state index >= 15 is 0 Å². The van der Waals surface area contributed by atoms with Gasteiger partial charge in [0.1, 0.15) is 5.75 Å². The Balaban J connectivity index is 1.64. The first-order valence-corrected chi connectivity index (χ1v) is 10.1. The molecule has 1 amide bonds. The summed E-state index contributed by atoms with van der Waals surface area (Å²) in [7, 11) is 0. The van der Waals surface area contributed by atoms with Crippen LogP contribution in [0.15, 0.2) is 42.5 Å². The van der Waals surface area contributed by atoms with Crippen molar-refractivity contribution in [1.82, 2.24) is 5.32 Å². The lowest BCUT2D eigenvalue weighted by Gasteiger charge is -2.29. The molecule has 1 aromatic heterocycles. The van der Waals surface area contributed by atoms with E-state index in [1.54, 1.807) is 25.2 Å². The molecule has 2 N–H and O–H groups in total. The van der Waals surface area contributed by atoms with E-state index in [4.69, 9.17) is 4.74 Å². The number of aliphatic hydroxyl groups excluding tert-OH is 1. The fourth-order valence-corrected chi connectivity index (χ4v) is 4.77. The van der Waals surface area contributed by atoms with Crippen molar-refractivity contribution in [1.29, 1.82) is 0 Å². The third kappa shape index (κ3) is 4.27.